The quantitative estimate of drug-likeness (QED) is 0.625. The summed E-state index contributed by atoms with van der Waals surface area (Å²) in [6, 6.07) is 7.09. The number of nitriles is 1. The molecule has 0 N–H and O–H groups in total. The Morgan fingerprint density at radius 3 is 2.82 bits per heavy atom. The number of hydrogen-bond acceptors (Lipinski definition) is 1. The first-order chi connectivity index (χ1) is 5.27. The molecule has 0 saturated carbocycles. The third kappa shape index (κ3) is 1.60. The molecule has 1 aromatic rings. The second kappa shape index (κ2) is 3.23. The van der Waals surface area contributed by atoms with E-state index in [-0.39, 0.29) is 0 Å². The average Bonchev–Trinajstić information content (AvgIpc) is 2.05. The molecular weight excluding hydrogens is 158 g/mol. The molecule has 11 heavy (non-hydrogen) atoms. The van der Waals surface area contributed by atoms with E-state index >= 15 is 0 Å². The molecule has 54 valence electrons. The van der Waals surface area contributed by atoms with Crippen LogP contribution in [0.15, 0.2) is 24.8 Å². The minimum Gasteiger partial charge on any atom is -0.192 e. The average molecular weight is 164 g/mol. The van der Waals surface area contributed by atoms with Crippen LogP contribution in [0.25, 0.3) is 6.08 Å². The van der Waals surface area contributed by atoms with Gasteiger partial charge in [-0.2, -0.15) is 5.26 Å². The lowest BCUT2D eigenvalue weighted by Gasteiger charge is -1.96. The Kier molecular flexibility index (Phi) is 2.30. The first-order valence-electron chi connectivity index (χ1n) is 3.10. The fourth-order valence-electron chi connectivity index (χ4n) is 0.770. The highest BCUT2D eigenvalue weighted by molar-refractivity contribution is 6.32. The molecule has 0 unspecified atom stereocenters. The molecule has 2 heteroatoms. The maximum atomic E-state index is 8.52. The van der Waals surface area contributed by atoms with Crippen LogP contribution >= 0.6 is 11.6 Å². The van der Waals surface area contributed by atoms with E-state index in [0.717, 1.165) is 5.56 Å². The van der Waals surface area contributed by atoms with Gasteiger partial charge in [0.05, 0.1) is 11.6 Å². The van der Waals surface area contributed by atoms with Crippen LogP contribution in [0.1, 0.15) is 11.1 Å². The molecule has 0 aliphatic heterocycles. The van der Waals surface area contributed by atoms with Crippen molar-refractivity contribution in [2.45, 2.75) is 0 Å². The van der Waals surface area contributed by atoms with Gasteiger partial charge in [-0.1, -0.05) is 24.3 Å². The summed E-state index contributed by atoms with van der Waals surface area (Å²) in [5.41, 5.74) is 1.40. The molecule has 1 nitrogen and oxygen atoms in total. The number of benzene rings is 1. The smallest absolute Gasteiger partial charge is 0.0991 e. The van der Waals surface area contributed by atoms with Gasteiger partial charge in [-0.25, -0.2) is 0 Å². The molecule has 0 saturated heterocycles. The number of halogens is 1. The van der Waals surface area contributed by atoms with Crippen LogP contribution in [0.5, 0.6) is 0 Å². The molecule has 0 bridgehead atoms. The maximum Gasteiger partial charge on any atom is 0.0991 e. The van der Waals surface area contributed by atoms with Crippen molar-refractivity contribution < 1.29 is 0 Å². The van der Waals surface area contributed by atoms with Crippen molar-refractivity contribution in [3.63, 3.8) is 0 Å². The summed E-state index contributed by atoms with van der Waals surface area (Å²) < 4.78 is 0. The summed E-state index contributed by atoms with van der Waals surface area (Å²) >= 11 is 5.77. The second-order valence-corrected chi connectivity index (χ2v) is 2.46. The van der Waals surface area contributed by atoms with Crippen LogP contribution < -0.4 is 0 Å². The Hall–Kier alpha value is -1.26. The lowest BCUT2D eigenvalue weighted by molar-refractivity contribution is 1.48. The van der Waals surface area contributed by atoms with E-state index in [4.69, 9.17) is 16.9 Å². The van der Waals surface area contributed by atoms with Crippen LogP contribution in [0.3, 0.4) is 0 Å². The van der Waals surface area contributed by atoms with E-state index in [1.165, 1.54) is 0 Å². The van der Waals surface area contributed by atoms with E-state index in [1.54, 1.807) is 24.3 Å². The van der Waals surface area contributed by atoms with E-state index in [2.05, 4.69) is 6.58 Å². The Labute approximate surface area is 70.5 Å². The van der Waals surface area contributed by atoms with E-state index < -0.39 is 0 Å². The molecule has 1 rings (SSSR count). The zero-order valence-electron chi connectivity index (χ0n) is 5.84. The summed E-state index contributed by atoms with van der Waals surface area (Å²) in [6.07, 6.45) is 1.63. The lowest BCUT2D eigenvalue weighted by atomic mass is 10.1. The predicted octanol–water partition coefficient (Wildman–Crippen LogP) is 2.85. The number of hydrogen-bond donors (Lipinski definition) is 0. The molecule has 0 aliphatic rings. The summed E-state index contributed by atoms with van der Waals surface area (Å²) in [5, 5.41) is 9.15. The Bertz CT molecular complexity index is 323. The van der Waals surface area contributed by atoms with Crippen molar-refractivity contribution in [3.8, 4) is 6.07 Å². The summed E-state index contributed by atoms with van der Waals surface area (Å²) in [5.74, 6) is 0. The highest BCUT2D eigenvalue weighted by atomic mass is 35.5. The van der Waals surface area contributed by atoms with Gasteiger partial charge in [-0.15, -0.1) is 0 Å². The standard InChI is InChI=1S/C9H6ClN/c1-2-8-5-7(6-11)3-4-9(8)10/h2-5H,1H2. The molecule has 0 radical (unpaired) electrons. The summed E-state index contributed by atoms with van der Waals surface area (Å²) in [7, 11) is 0. The van der Waals surface area contributed by atoms with Crippen molar-refractivity contribution in [2.75, 3.05) is 0 Å². The van der Waals surface area contributed by atoms with Crippen LogP contribution in [-0.4, -0.2) is 0 Å². The molecule has 0 aliphatic carbocycles. The van der Waals surface area contributed by atoms with Crippen molar-refractivity contribution in [3.05, 3.63) is 40.9 Å². The molecule has 0 atom stereocenters. The SMILES string of the molecule is C=Cc1cc(C#N)ccc1Cl. The largest absolute Gasteiger partial charge is 0.192 e. The highest BCUT2D eigenvalue weighted by Gasteiger charge is 1.96. The molecule has 0 amide bonds. The zero-order valence-corrected chi connectivity index (χ0v) is 6.60. The molecule has 1 aromatic carbocycles. The minimum absolute atomic E-state index is 0.601. The maximum absolute atomic E-state index is 8.52. The predicted molar refractivity (Wildman–Crippen MR) is 46.3 cm³/mol. The van der Waals surface area contributed by atoms with Crippen LogP contribution in [0.2, 0.25) is 5.02 Å². The van der Waals surface area contributed by atoms with Gasteiger partial charge in [0.25, 0.3) is 0 Å². The van der Waals surface area contributed by atoms with Gasteiger partial charge in [0.1, 0.15) is 0 Å². The zero-order chi connectivity index (χ0) is 8.27. The van der Waals surface area contributed by atoms with E-state index in [9.17, 15) is 0 Å². The molecular formula is C9H6ClN. The monoisotopic (exact) mass is 163 g/mol. The van der Waals surface area contributed by atoms with E-state index in [1.807, 2.05) is 6.07 Å². The van der Waals surface area contributed by atoms with Crippen molar-refractivity contribution in [2.24, 2.45) is 0 Å². The lowest BCUT2D eigenvalue weighted by Crippen LogP contribution is -1.77. The van der Waals surface area contributed by atoms with Gasteiger partial charge in [-0.05, 0) is 23.8 Å². The number of nitrogens with zero attached hydrogens (tertiary/aromatic N) is 1. The third-order valence-corrected chi connectivity index (χ3v) is 1.69. The third-order valence-electron chi connectivity index (χ3n) is 1.35. The minimum atomic E-state index is 0.601. The molecule has 0 spiro atoms. The summed E-state index contributed by atoms with van der Waals surface area (Å²) in [4.78, 5) is 0. The Balaban J connectivity index is 3.25. The first-order valence-corrected chi connectivity index (χ1v) is 3.48. The highest BCUT2D eigenvalue weighted by Crippen LogP contribution is 2.17. The van der Waals surface area contributed by atoms with Gasteiger partial charge in [-0.3, -0.25) is 0 Å². The fraction of sp³-hybridized carbons (Fsp3) is 0. The van der Waals surface area contributed by atoms with Gasteiger partial charge in [0.2, 0.25) is 0 Å². The van der Waals surface area contributed by atoms with Crippen molar-refractivity contribution in [1.82, 2.24) is 0 Å². The van der Waals surface area contributed by atoms with Crippen LogP contribution in [0.4, 0.5) is 0 Å². The fourth-order valence-corrected chi connectivity index (χ4v) is 0.964. The van der Waals surface area contributed by atoms with Gasteiger partial charge in [0.15, 0.2) is 0 Å². The normalized spacial score (nSPS) is 8.73. The molecule has 0 heterocycles. The van der Waals surface area contributed by atoms with E-state index in [0.29, 0.717) is 10.6 Å². The molecule has 0 fully saturated rings. The number of rotatable bonds is 1. The second-order valence-electron chi connectivity index (χ2n) is 2.05. The Morgan fingerprint density at radius 1 is 1.55 bits per heavy atom. The van der Waals surface area contributed by atoms with Gasteiger partial charge >= 0.3 is 0 Å². The van der Waals surface area contributed by atoms with Crippen LogP contribution in [0, 0.1) is 11.3 Å². The molecule has 0 aromatic heterocycles. The Morgan fingerprint density at radius 2 is 2.27 bits per heavy atom. The van der Waals surface area contributed by atoms with Crippen molar-refractivity contribution in [1.29, 1.82) is 5.26 Å². The first kappa shape index (κ1) is 7.84. The van der Waals surface area contributed by atoms with Crippen LogP contribution in [-0.2, 0) is 0 Å². The van der Waals surface area contributed by atoms with Crippen molar-refractivity contribution >= 4 is 17.7 Å². The summed E-state index contributed by atoms with van der Waals surface area (Å²) in [6.45, 7) is 3.57. The van der Waals surface area contributed by atoms with Gasteiger partial charge in [0, 0.05) is 5.02 Å². The van der Waals surface area contributed by atoms with Gasteiger partial charge < -0.3 is 0 Å². The topological polar surface area (TPSA) is 23.8 Å².